The Bertz CT molecular complexity index is 611. The maximum absolute atomic E-state index is 5.41. The molecule has 0 saturated heterocycles. The molecule has 22 heavy (non-hydrogen) atoms. The number of rotatable bonds is 6. The van der Waals surface area contributed by atoms with Crippen molar-refractivity contribution in [2.75, 3.05) is 18.5 Å². The van der Waals surface area contributed by atoms with E-state index in [-0.39, 0.29) is 0 Å². The van der Waals surface area contributed by atoms with Gasteiger partial charge in [-0.15, -0.1) is 0 Å². The number of hydrogen-bond donors (Lipinski definition) is 2. The van der Waals surface area contributed by atoms with Crippen molar-refractivity contribution >= 4 is 23.0 Å². The summed E-state index contributed by atoms with van der Waals surface area (Å²) in [5.41, 5.74) is 3.62. The van der Waals surface area contributed by atoms with Crippen LogP contribution in [0.4, 0.5) is 5.69 Å². The van der Waals surface area contributed by atoms with Crippen molar-refractivity contribution in [2.24, 2.45) is 0 Å². The third-order valence-electron chi connectivity index (χ3n) is 3.36. The highest BCUT2D eigenvalue weighted by Crippen LogP contribution is 2.15. The van der Waals surface area contributed by atoms with Gasteiger partial charge in [-0.2, -0.15) is 0 Å². The summed E-state index contributed by atoms with van der Waals surface area (Å²) in [6.07, 6.45) is 0.956. The molecule has 0 spiro atoms. The summed E-state index contributed by atoms with van der Waals surface area (Å²) in [6.45, 7) is 5.59. The fourth-order valence-electron chi connectivity index (χ4n) is 2.18. The minimum absolute atomic E-state index is 0.637. The molecule has 0 atom stereocenters. The zero-order valence-corrected chi connectivity index (χ0v) is 13.9. The molecule has 2 rings (SSSR count). The van der Waals surface area contributed by atoms with Gasteiger partial charge in [-0.25, -0.2) is 0 Å². The van der Waals surface area contributed by atoms with Crippen LogP contribution in [0.15, 0.2) is 48.5 Å². The summed E-state index contributed by atoms with van der Waals surface area (Å²) in [4.78, 5) is 0. The first-order valence-corrected chi connectivity index (χ1v) is 7.92. The van der Waals surface area contributed by atoms with Crippen LogP contribution in [0.3, 0.4) is 0 Å². The van der Waals surface area contributed by atoms with Crippen LogP contribution in [-0.2, 0) is 6.42 Å². The van der Waals surface area contributed by atoms with E-state index in [4.69, 9.17) is 17.0 Å². The Morgan fingerprint density at radius 3 is 2.50 bits per heavy atom. The first-order chi connectivity index (χ1) is 10.7. The molecule has 0 radical (unpaired) electrons. The van der Waals surface area contributed by atoms with Gasteiger partial charge in [0.2, 0.25) is 0 Å². The highest BCUT2D eigenvalue weighted by molar-refractivity contribution is 7.80. The molecule has 0 bridgehead atoms. The minimum Gasteiger partial charge on any atom is -0.494 e. The Hall–Kier alpha value is -2.07. The average Bonchev–Trinajstić information content (AvgIpc) is 2.51. The second-order valence-electron chi connectivity index (χ2n) is 5.01. The number of nitrogens with one attached hydrogen (secondary N) is 2. The molecule has 2 aromatic rings. The van der Waals surface area contributed by atoms with E-state index in [0.29, 0.717) is 11.7 Å². The number of anilines is 1. The van der Waals surface area contributed by atoms with Crippen LogP contribution in [-0.4, -0.2) is 18.3 Å². The lowest BCUT2D eigenvalue weighted by atomic mass is 10.1. The van der Waals surface area contributed by atoms with Gasteiger partial charge in [0.05, 0.1) is 6.61 Å². The topological polar surface area (TPSA) is 33.3 Å². The van der Waals surface area contributed by atoms with Crippen molar-refractivity contribution in [2.45, 2.75) is 20.3 Å². The lowest BCUT2D eigenvalue weighted by Gasteiger charge is -2.12. The van der Waals surface area contributed by atoms with Crippen LogP contribution in [0.5, 0.6) is 5.75 Å². The maximum atomic E-state index is 5.41. The smallest absolute Gasteiger partial charge is 0.170 e. The van der Waals surface area contributed by atoms with Crippen LogP contribution in [0.25, 0.3) is 0 Å². The lowest BCUT2D eigenvalue weighted by Crippen LogP contribution is -2.30. The first kappa shape index (κ1) is 16.3. The molecule has 0 amide bonds. The highest BCUT2D eigenvalue weighted by atomic mass is 32.1. The molecule has 0 aliphatic rings. The van der Waals surface area contributed by atoms with Crippen LogP contribution in [0.2, 0.25) is 0 Å². The molecule has 0 aliphatic carbocycles. The summed E-state index contributed by atoms with van der Waals surface area (Å²) in [5, 5.41) is 7.05. The standard InChI is InChI=1S/C18H22N2OS/c1-3-21-17-10-8-16(9-11-17)20-18(22)19-13-12-15-7-5-4-6-14(15)2/h4-11H,3,12-13H2,1-2H3,(H2,19,20,22). The molecular weight excluding hydrogens is 292 g/mol. The Labute approximate surface area is 137 Å². The monoisotopic (exact) mass is 314 g/mol. The van der Waals surface area contributed by atoms with Crippen molar-refractivity contribution in [1.82, 2.24) is 5.32 Å². The first-order valence-electron chi connectivity index (χ1n) is 7.51. The SMILES string of the molecule is CCOc1ccc(NC(=S)NCCc2ccccc2C)cc1. The lowest BCUT2D eigenvalue weighted by molar-refractivity contribution is 0.340. The van der Waals surface area contributed by atoms with Crippen LogP contribution < -0.4 is 15.4 Å². The summed E-state index contributed by atoms with van der Waals surface area (Å²) < 4.78 is 5.41. The number of aryl methyl sites for hydroxylation is 1. The molecule has 4 heteroatoms. The van der Waals surface area contributed by atoms with Crippen molar-refractivity contribution < 1.29 is 4.74 Å². The van der Waals surface area contributed by atoms with E-state index in [9.17, 15) is 0 Å². The largest absolute Gasteiger partial charge is 0.494 e. The molecule has 3 nitrogen and oxygen atoms in total. The summed E-state index contributed by atoms with van der Waals surface area (Å²) in [6, 6.07) is 16.2. The predicted molar refractivity (Wildman–Crippen MR) is 96.7 cm³/mol. The van der Waals surface area contributed by atoms with E-state index in [1.807, 2.05) is 31.2 Å². The quantitative estimate of drug-likeness (QED) is 0.792. The molecule has 2 N–H and O–H groups in total. The predicted octanol–water partition coefficient (Wildman–Crippen LogP) is 3.92. The van der Waals surface area contributed by atoms with Crippen LogP contribution >= 0.6 is 12.2 Å². The third-order valence-corrected chi connectivity index (χ3v) is 3.61. The fraction of sp³-hybridized carbons (Fsp3) is 0.278. The molecular formula is C18H22N2OS. The van der Waals surface area contributed by atoms with E-state index >= 15 is 0 Å². The zero-order valence-electron chi connectivity index (χ0n) is 13.1. The number of hydrogen-bond acceptors (Lipinski definition) is 2. The Balaban J connectivity index is 1.77. The molecule has 0 aromatic heterocycles. The molecule has 116 valence electrons. The Morgan fingerprint density at radius 1 is 1.09 bits per heavy atom. The van der Waals surface area contributed by atoms with Crippen molar-refractivity contribution in [3.05, 3.63) is 59.7 Å². The van der Waals surface area contributed by atoms with E-state index in [2.05, 4.69) is 41.8 Å². The Morgan fingerprint density at radius 2 is 1.82 bits per heavy atom. The van der Waals surface area contributed by atoms with Crippen molar-refractivity contribution in [3.63, 3.8) is 0 Å². The molecule has 0 fully saturated rings. The number of ether oxygens (including phenoxy) is 1. The molecule has 0 saturated carbocycles. The van der Waals surface area contributed by atoms with Crippen LogP contribution in [0.1, 0.15) is 18.1 Å². The number of benzene rings is 2. The zero-order chi connectivity index (χ0) is 15.8. The fourth-order valence-corrected chi connectivity index (χ4v) is 2.40. The maximum Gasteiger partial charge on any atom is 0.170 e. The molecule has 0 unspecified atom stereocenters. The second kappa shape index (κ2) is 8.39. The third kappa shape index (κ3) is 5.04. The average molecular weight is 314 g/mol. The molecule has 2 aromatic carbocycles. The van der Waals surface area contributed by atoms with Gasteiger partial charge in [0.15, 0.2) is 5.11 Å². The van der Waals surface area contributed by atoms with Gasteiger partial charge < -0.3 is 15.4 Å². The van der Waals surface area contributed by atoms with Gasteiger partial charge in [0.25, 0.3) is 0 Å². The molecule has 0 heterocycles. The van der Waals surface area contributed by atoms with E-state index < -0.39 is 0 Å². The van der Waals surface area contributed by atoms with E-state index in [1.165, 1.54) is 11.1 Å². The number of thiocarbonyl (C=S) groups is 1. The second-order valence-corrected chi connectivity index (χ2v) is 5.42. The van der Waals surface area contributed by atoms with Gasteiger partial charge in [0, 0.05) is 12.2 Å². The highest BCUT2D eigenvalue weighted by Gasteiger charge is 2.00. The van der Waals surface area contributed by atoms with Gasteiger partial charge >= 0.3 is 0 Å². The normalized spacial score (nSPS) is 10.1. The summed E-state index contributed by atoms with van der Waals surface area (Å²) in [7, 11) is 0. The summed E-state index contributed by atoms with van der Waals surface area (Å²) in [5.74, 6) is 0.867. The molecule has 0 aliphatic heterocycles. The van der Waals surface area contributed by atoms with Gasteiger partial charge in [0.1, 0.15) is 5.75 Å². The van der Waals surface area contributed by atoms with Crippen molar-refractivity contribution in [1.29, 1.82) is 0 Å². The van der Waals surface area contributed by atoms with Gasteiger partial charge in [-0.1, -0.05) is 24.3 Å². The van der Waals surface area contributed by atoms with E-state index in [1.54, 1.807) is 0 Å². The summed E-state index contributed by atoms with van der Waals surface area (Å²) >= 11 is 5.31. The van der Waals surface area contributed by atoms with E-state index in [0.717, 1.165) is 24.4 Å². The van der Waals surface area contributed by atoms with Gasteiger partial charge in [-0.3, -0.25) is 0 Å². The van der Waals surface area contributed by atoms with Crippen LogP contribution in [0, 0.1) is 6.92 Å². The van der Waals surface area contributed by atoms with Gasteiger partial charge in [-0.05, 0) is 67.9 Å². The minimum atomic E-state index is 0.637. The van der Waals surface area contributed by atoms with Crippen molar-refractivity contribution in [3.8, 4) is 5.75 Å². The Kier molecular flexibility index (Phi) is 6.22.